The van der Waals surface area contributed by atoms with Gasteiger partial charge in [-0.25, -0.2) is 19.5 Å². The van der Waals surface area contributed by atoms with Crippen LogP contribution in [0.1, 0.15) is 29.9 Å². The van der Waals surface area contributed by atoms with Gasteiger partial charge in [0.2, 0.25) is 0 Å². The van der Waals surface area contributed by atoms with Crippen molar-refractivity contribution in [3.8, 4) is 11.8 Å². The highest BCUT2D eigenvalue weighted by molar-refractivity contribution is 5.78. The summed E-state index contributed by atoms with van der Waals surface area (Å²) in [5.74, 6) is 1.69. The fourth-order valence-corrected chi connectivity index (χ4v) is 3.63. The highest BCUT2D eigenvalue weighted by Crippen LogP contribution is 2.32. The van der Waals surface area contributed by atoms with E-state index in [4.69, 9.17) is 15.5 Å². The number of ether oxygens (including phenoxy) is 1. The number of aryl methyl sites for hydroxylation is 1. The van der Waals surface area contributed by atoms with Gasteiger partial charge in [0.25, 0.3) is 0 Å². The maximum atomic E-state index is 10.1. The summed E-state index contributed by atoms with van der Waals surface area (Å²) in [6.45, 7) is 4.80. The Bertz CT molecular complexity index is 1360. The molecule has 0 spiro atoms. The molecule has 11 nitrogen and oxygen atoms in total. The summed E-state index contributed by atoms with van der Waals surface area (Å²) in [7, 11) is 1.64. The molecule has 0 bridgehead atoms. The van der Waals surface area contributed by atoms with Gasteiger partial charge in [-0.1, -0.05) is 6.07 Å². The van der Waals surface area contributed by atoms with Crippen LogP contribution in [0.5, 0.6) is 5.75 Å². The number of hydrogen-bond donors (Lipinski definition) is 3. The number of fused-ring (bicyclic) bond motifs is 1. The van der Waals surface area contributed by atoms with E-state index in [0.717, 1.165) is 16.8 Å². The number of aromatic nitrogens is 5. The molecular formula is C23H25N9O2. The average molecular weight is 460 g/mol. The Morgan fingerprint density at radius 3 is 2.88 bits per heavy atom. The summed E-state index contributed by atoms with van der Waals surface area (Å²) < 4.78 is 7.11. The Balaban J connectivity index is 1.82. The Kier molecular flexibility index (Phi) is 6.42. The van der Waals surface area contributed by atoms with E-state index in [1.165, 1.54) is 6.33 Å². The van der Waals surface area contributed by atoms with Gasteiger partial charge in [0.1, 0.15) is 40.9 Å². The minimum Gasteiger partial charge on any atom is -0.508 e. The van der Waals surface area contributed by atoms with E-state index in [9.17, 15) is 10.4 Å². The molecule has 4 rings (SSSR count). The fraction of sp³-hybridized carbons (Fsp3) is 0.261. The van der Waals surface area contributed by atoms with E-state index in [-0.39, 0.29) is 17.1 Å². The summed E-state index contributed by atoms with van der Waals surface area (Å²) in [5, 5.41) is 27.4. The van der Waals surface area contributed by atoms with Crippen LogP contribution in [-0.4, -0.2) is 49.9 Å². The van der Waals surface area contributed by atoms with Crippen LogP contribution in [0.25, 0.3) is 5.52 Å². The molecule has 0 saturated heterocycles. The third-order valence-electron chi connectivity index (χ3n) is 5.36. The Morgan fingerprint density at radius 2 is 2.15 bits per heavy atom. The molecule has 0 aliphatic carbocycles. The maximum absolute atomic E-state index is 10.1. The van der Waals surface area contributed by atoms with Crippen molar-refractivity contribution in [2.45, 2.75) is 19.9 Å². The first-order valence-corrected chi connectivity index (χ1v) is 10.6. The Morgan fingerprint density at radius 1 is 1.32 bits per heavy atom. The van der Waals surface area contributed by atoms with Gasteiger partial charge in [0.05, 0.1) is 12.6 Å². The van der Waals surface area contributed by atoms with Crippen LogP contribution in [-0.2, 0) is 4.74 Å². The van der Waals surface area contributed by atoms with Gasteiger partial charge in [-0.05, 0) is 37.6 Å². The minimum atomic E-state index is -0.416. The number of benzene rings is 1. The number of nitrogens with zero attached hydrogens (tertiary/aromatic N) is 7. The van der Waals surface area contributed by atoms with Gasteiger partial charge in [-0.15, -0.1) is 0 Å². The number of nitriles is 1. The zero-order chi connectivity index (χ0) is 24.2. The van der Waals surface area contributed by atoms with Gasteiger partial charge in [-0.3, -0.25) is 0 Å². The van der Waals surface area contributed by atoms with Crippen molar-refractivity contribution in [1.82, 2.24) is 24.6 Å². The monoisotopic (exact) mass is 459 g/mol. The van der Waals surface area contributed by atoms with Gasteiger partial charge in [0, 0.05) is 31.6 Å². The van der Waals surface area contributed by atoms with Crippen LogP contribution in [0.15, 0.2) is 42.9 Å². The highest BCUT2D eigenvalue weighted by atomic mass is 16.5. The van der Waals surface area contributed by atoms with Crippen molar-refractivity contribution in [3.63, 3.8) is 0 Å². The van der Waals surface area contributed by atoms with Crippen LogP contribution in [0.4, 0.5) is 23.1 Å². The summed E-state index contributed by atoms with van der Waals surface area (Å²) in [6.07, 6.45) is 3.16. The van der Waals surface area contributed by atoms with Crippen molar-refractivity contribution < 1.29 is 9.84 Å². The van der Waals surface area contributed by atoms with Crippen LogP contribution in [0.2, 0.25) is 0 Å². The second-order valence-corrected chi connectivity index (χ2v) is 7.71. The minimum absolute atomic E-state index is 0.0971. The van der Waals surface area contributed by atoms with Crippen LogP contribution in [0, 0.1) is 18.3 Å². The number of nitrogens with one attached hydrogen (secondary N) is 1. The molecule has 0 saturated carbocycles. The lowest BCUT2D eigenvalue weighted by atomic mass is 10.2. The largest absolute Gasteiger partial charge is 0.508 e. The van der Waals surface area contributed by atoms with Gasteiger partial charge < -0.3 is 25.8 Å². The number of nitrogen functional groups attached to an aromatic ring is 1. The van der Waals surface area contributed by atoms with Crippen molar-refractivity contribution in [2.75, 3.05) is 36.2 Å². The molecule has 4 aromatic rings. The molecule has 1 aromatic carbocycles. The van der Waals surface area contributed by atoms with Crippen LogP contribution >= 0.6 is 0 Å². The predicted octanol–water partition coefficient (Wildman–Crippen LogP) is 2.94. The number of nitrogens with two attached hydrogens (primary N) is 1. The topological polar surface area (TPSA) is 151 Å². The van der Waals surface area contributed by atoms with E-state index in [0.29, 0.717) is 30.6 Å². The standard InChI is InChI=1S/C23H25N9O2/c1-14-7-8-32-19(14)23(31(9-10-34-3)16-5-4-6-17(33)11-16)29-21(30-32)15(2)28-22-18(12-24)20(25)26-13-27-22/h4-8,11,13,15,33H,9-10H2,1-3H3,(H3,25,26,27,28)/t15-/m0/s1. The molecule has 0 aliphatic heterocycles. The smallest absolute Gasteiger partial charge is 0.173 e. The number of phenols is 1. The number of hydrogen-bond acceptors (Lipinski definition) is 10. The van der Waals surface area contributed by atoms with E-state index in [1.807, 2.05) is 43.1 Å². The van der Waals surface area contributed by atoms with Crippen molar-refractivity contribution in [2.24, 2.45) is 0 Å². The molecule has 0 fully saturated rings. The normalized spacial score (nSPS) is 11.8. The average Bonchev–Trinajstić information content (AvgIpc) is 3.20. The van der Waals surface area contributed by atoms with E-state index in [1.54, 1.807) is 29.8 Å². The molecule has 3 heterocycles. The van der Waals surface area contributed by atoms with E-state index >= 15 is 0 Å². The number of rotatable bonds is 8. The third-order valence-corrected chi connectivity index (χ3v) is 5.36. The van der Waals surface area contributed by atoms with Crippen molar-refractivity contribution >= 4 is 28.7 Å². The van der Waals surface area contributed by atoms with Gasteiger partial charge in [0.15, 0.2) is 11.6 Å². The molecule has 3 aromatic heterocycles. The van der Waals surface area contributed by atoms with Crippen LogP contribution in [0.3, 0.4) is 0 Å². The first kappa shape index (κ1) is 22.8. The fourth-order valence-electron chi connectivity index (χ4n) is 3.63. The molecule has 0 unspecified atom stereocenters. The zero-order valence-corrected chi connectivity index (χ0v) is 19.1. The molecule has 174 valence electrons. The second-order valence-electron chi connectivity index (χ2n) is 7.71. The first-order chi connectivity index (χ1) is 16.4. The van der Waals surface area contributed by atoms with Crippen molar-refractivity contribution in [3.05, 3.63) is 59.8 Å². The third kappa shape index (κ3) is 4.39. The number of methoxy groups -OCH3 is 1. The van der Waals surface area contributed by atoms with E-state index in [2.05, 4.69) is 20.4 Å². The summed E-state index contributed by atoms with van der Waals surface area (Å²) in [4.78, 5) is 14.9. The molecular weight excluding hydrogens is 434 g/mol. The van der Waals surface area contributed by atoms with Crippen molar-refractivity contribution in [1.29, 1.82) is 5.26 Å². The lowest BCUT2D eigenvalue weighted by molar-refractivity contribution is 0.207. The summed E-state index contributed by atoms with van der Waals surface area (Å²) in [5.41, 5.74) is 8.58. The van der Waals surface area contributed by atoms with E-state index < -0.39 is 6.04 Å². The maximum Gasteiger partial charge on any atom is 0.173 e. The lowest BCUT2D eigenvalue weighted by Gasteiger charge is -2.26. The lowest BCUT2D eigenvalue weighted by Crippen LogP contribution is -2.25. The van der Waals surface area contributed by atoms with Gasteiger partial charge in [-0.2, -0.15) is 10.4 Å². The second kappa shape index (κ2) is 9.60. The molecule has 0 radical (unpaired) electrons. The number of phenolic OH excluding ortho intramolecular Hbond substituents is 1. The molecule has 11 heteroatoms. The number of aromatic hydroxyl groups is 1. The molecule has 0 aliphatic rings. The first-order valence-electron chi connectivity index (χ1n) is 10.6. The molecule has 0 amide bonds. The SMILES string of the molecule is COCCN(c1cccc(O)c1)c1nc([C@H](C)Nc2ncnc(N)c2C#N)nn2ccc(C)c12. The Hall–Kier alpha value is -4.43. The molecule has 34 heavy (non-hydrogen) atoms. The predicted molar refractivity (Wildman–Crippen MR) is 128 cm³/mol. The summed E-state index contributed by atoms with van der Waals surface area (Å²) in [6, 6.07) is 10.6. The quantitative estimate of drug-likeness (QED) is 0.359. The zero-order valence-electron chi connectivity index (χ0n) is 19.1. The van der Waals surface area contributed by atoms with Crippen LogP contribution < -0.4 is 16.0 Å². The molecule has 1 atom stereocenters. The highest BCUT2D eigenvalue weighted by Gasteiger charge is 2.22. The molecule has 4 N–H and O–H groups in total. The Labute approximate surface area is 196 Å². The number of anilines is 4. The summed E-state index contributed by atoms with van der Waals surface area (Å²) >= 11 is 0. The van der Waals surface area contributed by atoms with Gasteiger partial charge >= 0.3 is 0 Å².